The Morgan fingerprint density at radius 3 is 2.59 bits per heavy atom. The van der Waals surface area contributed by atoms with Crippen molar-refractivity contribution in [2.24, 2.45) is 0 Å². The van der Waals surface area contributed by atoms with E-state index in [1.54, 1.807) is 19.1 Å². The number of anilines is 1. The number of aliphatic hydroxyl groups excluding tert-OH is 1. The van der Waals surface area contributed by atoms with Gasteiger partial charge in [-0.05, 0) is 31.2 Å². The van der Waals surface area contributed by atoms with E-state index in [1.165, 1.54) is 30.6 Å². The molecule has 2 atom stereocenters. The van der Waals surface area contributed by atoms with Crippen molar-refractivity contribution in [3.05, 3.63) is 58.9 Å². The molecule has 0 radical (unpaired) electrons. The summed E-state index contributed by atoms with van der Waals surface area (Å²) in [4.78, 5) is 26.0. The Morgan fingerprint density at radius 1 is 1.19 bits per heavy atom. The van der Waals surface area contributed by atoms with Gasteiger partial charge in [0, 0.05) is 6.20 Å². The number of nitriles is 2. The predicted molar refractivity (Wildman–Crippen MR) is 131 cm³/mol. The van der Waals surface area contributed by atoms with Crippen molar-refractivity contribution >= 4 is 34.4 Å². The maximum atomic E-state index is 13.1. The molecule has 12 nitrogen and oxygen atoms in total. The minimum atomic E-state index is -1.24. The van der Waals surface area contributed by atoms with Crippen LogP contribution in [0.15, 0.2) is 42.7 Å². The number of H-pyrrole nitrogens is 1. The summed E-state index contributed by atoms with van der Waals surface area (Å²) < 4.78 is 11.6. The second-order valence-corrected chi connectivity index (χ2v) is 8.16. The molecule has 4 aromatic rings. The smallest absolute Gasteiger partial charge is 0.269 e. The van der Waals surface area contributed by atoms with Crippen LogP contribution in [-0.2, 0) is 9.53 Å². The van der Waals surface area contributed by atoms with Gasteiger partial charge in [0.15, 0.2) is 11.5 Å². The third-order valence-electron chi connectivity index (χ3n) is 5.12. The molecule has 4 rings (SSSR count). The molecule has 3 heterocycles. The van der Waals surface area contributed by atoms with E-state index in [-0.39, 0.29) is 53.1 Å². The number of nitrogens with one attached hydrogen (secondary N) is 2. The number of benzene rings is 1. The highest BCUT2D eigenvalue weighted by atomic mass is 35.5. The molecule has 0 bridgehead atoms. The Balaban J connectivity index is 1.73. The van der Waals surface area contributed by atoms with Crippen molar-refractivity contribution < 1.29 is 19.4 Å². The Bertz CT molecular complexity index is 1480. The summed E-state index contributed by atoms with van der Waals surface area (Å²) in [5.41, 5.74) is 0.851. The first-order valence-corrected chi connectivity index (χ1v) is 11.3. The molecule has 0 aliphatic heterocycles. The number of aromatic nitrogens is 5. The maximum absolute atomic E-state index is 13.1. The van der Waals surface area contributed by atoms with Crippen molar-refractivity contribution in [2.75, 3.05) is 18.5 Å². The fourth-order valence-electron chi connectivity index (χ4n) is 3.25. The molecular formula is C24H19ClN8O4. The monoisotopic (exact) mass is 518 g/mol. The summed E-state index contributed by atoms with van der Waals surface area (Å²) in [5, 5.41) is 38.6. The van der Waals surface area contributed by atoms with Crippen molar-refractivity contribution in [1.29, 1.82) is 10.5 Å². The molecule has 0 unspecified atom stereocenters. The Morgan fingerprint density at radius 2 is 1.95 bits per heavy atom. The van der Waals surface area contributed by atoms with E-state index >= 15 is 0 Å². The van der Waals surface area contributed by atoms with E-state index in [9.17, 15) is 20.4 Å². The highest BCUT2D eigenvalue weighted by Crippen LogP contribution is 2.30. The van der Waals surface area contributed by atoms with Crippen LogP contribution in [0.5, 0.6) is 5.88 Å². The summed E-state index contributed by atoms with van der Waals surface area (Å²) in [6, 6.07) is 11.8. The first-order valence-electron chi connectivity index (χ1n) is 10.9. The number of amides is 1. The Labute approximate surface area is 215 Å². The average molecular weight is 519 g/mol. The van der Waals surface area contributed by atoms with Gasteiger partial charge in [0.05, 0.1) is 59.4 Å². The van der Waals surface area contributed by atoms with Crippen LogP contribution in [0.2, 0.25) is 5.02 Å². The van der Waals surface area contributed by atoms with Gasteiger partial charge in [-0.2, -0.15) is 20.6 Å². The van der Waals surface area contributed by atoms with Gasteiger partial charge < -0.3 is 19.9 Å². The molecule has 0 saturated heterocycles. The van der Waals surface area contributed by atoms with E-state index in [0.717, 1.165) is 0 Å². The quantitative estimate of drug-likeness (QED) is 0.297. The lowest BCUT2D eigenvalue weighted by molar-refractivity contribution is -0.127. The Kier molecular flexibility index (Phi) is 7.86. The summed E-state index contributed by atoms with van der Waals surface area (Å²) in [5.74, 6) is -0.373. The molecule has 0 aliphatic carbocycles. The van der Waals surface area contributed by atoms with E-state index in [2.05, 4.69) is 30.5 Å². The van der Waals surface area contributed by atoms with Gasteiger partial charge in [0.2, 0.25) is 12.0 Å². The molecule has 0 saturated carbocycles. The highest BCUT2D eigenvalue weighted by Gasteiger charge is 2.26. The van der Waals surface area contributed by atoms with Crippen LogP contribution >= 0.6 is 11.6 Å². The molecule has 3 N–H and O–H groups in total. The van der Waals surface area contributed by atoms with Gasteiger partial charge in [0.25, 0.3) is 5.91 Å². The maximum Gasteiger partial charge on any atom is 0.269 e. The zero-order valence-corrected chi connectivity index (χ0v) is 20.1. The number of halogens is 1. The van der Waals surface area contributed by atoms with E-state index in [0.29, 0.717) is 10.4 Å². The molecule has 13 heteroatoms. The number of hydrogen-bond donors (Lipinski definition) is 3. The number of aromatic amines is 1. The van der Waals surface area contributed by atoms with Crippen LogP contribution in [0.4, 0.5) is 5.82 Å². The van der Waals surface area contributed by atoms with Gasteiger partial charge in [-0.25, -0.2) is 9.97 Å². The number of aliphatic hydroxyl groups is 1. The van der Waals surface area contributed by atoms with E-state index in [1.807, 2.05) is 12.1 Å². The number of hydrogen-bond acceptors (Lipinski definition) is 10. The lowest BCUT2D eigenvalue weighted by atomic mass is 10.0. The van der Waals surface area contributed by atoms with Crippen molar-refractivity contribution in [2.45, 2.75) is 19.1 Å². The van der Waals surface area contributed by atoms with Crippen LogP contribution in [0.1, 0.15) is 18.1 Å². The average Bonchev–Trinajstić information content (AvgIpc) is 3.40. The number of ether oxygens (including phenoxy) is 2. The minimum absolute atomic E-state index is 0.0311. The molecule has 186 valence electrons. The summed E-state index contributed by atoms with van der Waals surface area (Å²) in [6.07, 6.45) is 0.989. The predicted octanol–water partition coefficient (Wildman–Crippen LogP) is 2.60. The van der Waals surface area contributed by atoms with Crippen molar-refractivity contribution in [3.63, 3.8) is 0 Å². The fraction of sp³-hybridized carbons (Fsp3) is 0.208. The van der Waals surface area contributed by atoms with Crippen LogP contribution in [0.3, 0.4) is 0 Å². The third-order valence-corrected chi connectivity index (χ3v) is 5.34. The molecule has 3 aromatic heterocycles. The lowest BCUT2D eigenvalue weighted by Gasteiger charge is -2.20. The summed E-state index contributed by atoms with van der Waals surface area (Å²) in [7, 11) is 0. The molecule has 0 fully saturated rings. The molecule has 1 aromatic carbocycles. The van der Waals surface area contributed by atoms with Crippen molar-refractivity contribution in [1.82, 2.24) is 25.1 Å². The standard InChI is InChI=1S/C24H19ClN8O4/c1-13(11-34)36-12-18(23(35)30-19-6-5-16(25)9-28-19)37-24-17-10-29-33-21(17)31-22(32-24)20-14(7-26)3-2-4-15(20)8-27/h2-6,9-10,13,18,34H,11-12H2,1H3,(H,28,30,35)(H,29,31,32,33)/t13-,18+/m1/s1. The zero-order chi connectivity index (χ0) is 26.4. The summed E-state index contributed by atoms with van der Waals surface area (Å²) in [6.45, 7) is 1.13. The SMILES string of the molecule is C[C@H](CO)OC[C@H](Oc1nc(-c2c(C#N)cccc2C#N)nc2[nH]ncc12)C(=O)Nc1ccc(Cl)cn1. The van der Waals surface area contributed by atoms with Gasteiger partial charge in [-0.3, -0.25) is 9.89 Å². The van der Waals surface area contributed by atoms with Gasteiger partial charge in [0.1, 0.15) is 11.2 Å². The lowest BCUT2D eigenvalue weighted by Crippen LogP contribution is -2.38. The van der Waals surface area contributed by atoms with Gasteiger partial charge in [-0.1, -0.05) is 17.7 Å². The number of pyridine rings is 1. The first kappa shape index (κ1) is 25.5. The molecule has 0 aliphatic rings. The van der Waals surface area contributed by atoms with Crippen LogP contribution < -0.4 is 10.1 Å². The topological polar surface area (TPSA) is 183 Å². The van der Waals surface area contributed by atoms with Gasteiger partial charge >= 0.3 is 0 Å². The number of carbonyl (C=O) groups is 1. The molecular weight excluding hydrogens is 500 g/mol. The van der Waals surface area contributed by atoms with Crippen LogP contribution in [-0.4, -0.2) is 61.6 Å². The molecule has 37 heavy (non-hydrogen) atoms. The number of rotatable bonds is 9. The number of carbonyl (C=O) groups excluding carboxylic acids is 1. The molecule has 1 amide bonds. The summed E-state index contributed by atoms with van der Waals surface area (Å²) >= 11 is 5.86. The van der Waals surface area contributed by atoms with Gasteiger partial charge in [-0.15, -0.1) is 0 Å². The van der Waals surface area contributed by atoms with Crippen molar-refractivity contribution in [3.8, 4) is 29.4 Å². The van der Waals surface area contributed by atoms with E-state index < -0.39 is 18.1 Å². The second-order valence-electron chi connectivity index (χ2n) is 7.72. The first-order chi connectivity index (χ1) is 17.9. The van der Waals surface area contributed by atoms with E-state index in [4.69, 9.17) is 21.1 Å². The Hall–Kier alpha value is -4.62. The number of nitrogens with zero attached hydrogens (tertiary/aromatic N) is 6. The number of fused-ring (bicyclic) bond motifs is 1. The highest BCUT2D eigenvalue weighted by molar-refractivity contribution is 6.30. The fourth-order valence-corrected chi connectivity index (χ4v) is 3.36. The third kappa shape index (κ3) is 5.79. The normalized spacial score (nSPS) is 12.4. The largest absolute Gasteiger partial charge is 0.461 e. The minimum Gasteiger partial charge on any atom is -0.461 e. The molecule has 0 spiro atoms. The second kappa shape index (κ2) is 11.4. The van der Waals surface area contributed by atoms with Crippen LogP contribution in [0, 0.1) is 22.7 Å². The van der Waals surface area contributed by atoms with Crippen LogP contribution in [0.25, 0.3) is 22.4 Å². The zero-order valence-electron chi connectivity index (χ0n) is 19.3.